The molecule has 3 heteroatoms. The molecule has 0 aliphatic heterocycles. The number of benzene rings is 6. The maximum absolute atomic E-state index is 3.39. The fraction of sp³-hybridized carbons (Fsp3) is 0.0426. The van der Waals surface area contributed by atoms with Crippen molar-refractivity contribution in [3.8, 4) is 0 Å². The van der Waals surface area contributed by atoms with E-state index in [-0.39, 0.29) is 24.8 Å². The number of fused-ring (bicyclic) bond motifs is 12. The van der Waals surface area contributed by atoms with Gasteiger partial charge in [0.2, 0.25) is 0 Å². The van der Waals surface area contributed by atoms with Crippen LogP contribution in [0.1, 0.15) is 33.4 Å². The first-order valence-electron chi connectivity index (χ1n) is 16.5. The monoisotopic (exact) mass is 756 g/mol. The van der Waals surface area contributed by atoms with Crippen molar-refractivity contribution in [1.82, 2.24) is 0 Å². The first kappa shape index (κ1) is 35.4. The molecular weight excluding hydrogens is 727 g/mol. The number of hydrogen-bond acceptors (Lipinski definition) is 0. The molecule has 0 fully saturated rings. The van der Waals surface area contributed by atoms with Crippen molar-refractivity contribution < 1.29 is 49.0 Å². The van der Waals surface area contributed by atoms with Crippen molar-refractivity contribution in [2.45, 2.75) is 12.8 Å². The van der Waals surface area contributed by atoms with Crippen LogP contribution in [0.15, 0.2) is 146 Å². The molecule has 0 saturated heterocycles. The van der Waals surface area contributed by atoms with E-state index in [1.807, 2.05) is 12.2 Å². The number of hydrogen-bond donors (Lipinski definition) is 0. The first-order valence-corrected chi connectivity index (χ1v) is 17.7. The topological polar surface area (TPSA) is 0 Å². The van der Waals surface area contributed by atoms with E-state index < -0.39 is 0 Å². The van der Waals surface area contributed by atoms with Gasteiger partial charge in [0.15, 0.2) is 0 Å². The second-order valence-electron chi connectivity index (χ2n) is 12.1. The minimum absolute atomic E-state index is 0. The zero-order chi connectivity index (χ0) is 32.3. The molecule has 0 atom stereocenters. The molecule has 6 aromatic carbocycles. The second-order valence-corrected chi connectivity index (χ2v) is 13.3. The number of allylic oxidation sites excluding steroid dienone is 6. The standard InChI is InChI=1S/2C17H11.C13H10.2ClH.Zr/c2*1-3-8-14-12(6-1)13-7-2-4-9-15(13)17-11-5-10-16(14)17;1-3-7-12(8-4-1)11-13-9-5-2-6-10-13;;;/h2*1-8,10H,9H2;1-10H;2*1H;/q2*-1;;;;+2/p-2. The van der Waals surface area contributed by atoms with Crippen LogP contribution in [0, 0.1) is 12.2 Å². The van der Waals surface area contributed by atoms with E-state index in [0.29, 0.717) is 0 Å². The van der Waals surface area contributed by atoms with Crippen LogP contribution in [0.25, 0.3) is 45.8 Å². The molecule has 0 N–H and O–H groups in total. The third kappa shape index (κ3) is 6.84. The van der Waals surface area contributed by atoms with Crippen molar-refractivity contribution in [3.63, 3.8) is 0 Å². The first-order chi connectivity index (χ1) is 23.8. The molecule has 0 spiro atoms. The van der Waals surface area contributed by atoms with Crippen LogP contribution in [-0.2, 0) is 37.1 Å². The molecule has 50 heavy (non-hydrogen) atoms. The molecule has 0 heterocycles. The summed E-state index contributed by atoms with van der Waals surface area (Å²) in [4.78, 5) is 0. The van der Waals surface area contributed by atoms with Crippen molar-refractivity contribution in [1.29, 1.82) is 0 Å². The third-order valence-electron chi connectivity index (χ3n) is 9.33. The summed E-state index contributed by atoms with van der Waals surface area (Å²) >= 11 is 1.46. The summed E-state index contributed by atoms with van der Waals surface area (Å²) in [5.74, 6) is 0. The summed E-state index contributed by atoms with van der Waals surface area (Å²) in [5, 5.41) is 10.8. The Kier molecular flexibility index (Phi) is 11.4. The van der Waals surface area contributed by atoms with Gasteiger partial charge in [-0.2, -0.15) is 24.3 Å². The summed E-state index contributed by atoms with van der Waals surface area (Å²) < 4.78 is 1.42. The normalized spacial score (nSPS) is 13.2. The van der Waals surface area contributed by atoms with Crippen LogP contribution in [-0.4, -0.2) is 3.21 Å². The van der Waals surface area contributed by atoms with Crippen molar-refractivity contribution in [2.24, 2.45) is 0 Å². The molecule has 10 rings (SSSR count). The number of halogens is 2. The van der Waals surface area contributed by atoms with E-state index in [9.17, 15) is 0 Å². The maximum atomic E-state index is 3.39. The van der Waals surface area contributed by atoms with Crippen LogP contribution in [0.4, 0.5) is 0 Å². The van der Waals surface area contributed by atoms with Gasteiger partial charge < -0.3 is 24.8 Å². The van der Waals surface area contributed by atoms with Crippen molar-refractivity contribution >= 4 is 49.1 Å². The number of rotatable bonds is 2. The van der Waals surface area contributed by atoms with Gasteiger partial charge >= 0.3 is 99.2 Å². The Morgan fingerprint density at radius 2 is 0.800 bits per heavy atom. The van der Waals surface area contributed by atoms with Gasteiger partial charge in [0, 0.05) is 0 Å². The van der Waals surface area contributed by atoms with Crippen molar-refractivity contribution in [2.75, 3.05) is 0 Å². The molecule has 0 radical (unpaired) electrons. The molecule has 4 aliphatic carbocycles. The second kappa shape index (κ2) is 16.1. The molecule has 0 saturated carbocycles. The van der Waals surface area contributed by atoms with Gasteiger partial charge in [0.05, 0.1) is 0 Å². The molecule has 0 amide bonds. The third-order valence-corrected chi connectivity index (χ3v) is 10.7. The average Bonchev–Trinajstić information content (AvgIpc) is 3.88. The van der Waals surface area contributed by atoms with Gasteiger partial charge in [-0.15, -0.1) is 44.8 Å². The zero-order valence-electron chi connectivity index (χ0n) is 27.3. The van der Waals surface area contributed by atoms with Crippen molar-refractivity contribution in [3.05, 3.63) is 212 Å². The Morgan fingerprint density at radius 1 is 0.440 bits per heavy atom. The average molecular weight is 759 g/mol. The Balaban J connectivity index is 0.000000128. The molecule has 0 aromatic heterocycles. The van der Waals surface area contributed by atoms with Gasteiger partial charge in [-0.25, -0.2) is 0 Å². The summed E-state index contributed by atoms with van der Waals surface area (Å²) in [6, 6.07) is 38.4. The van der Waals surface area contributed by atoms with E-state index in [1.54, 1.807) is 0 Å². The van der Waals surface area contributed by atoms with Gasteiger partial charge in [-0.1, -0.05) is 106 Å². The molecule has 0 nitrogen and oxygen atoms in total. The summed E-state index contributed by atoms with van der Waals surface area (Å²) in [6.07, 6.45) is 30.4. The Hall–Kier alpha value is -4.39. The molecule has 0 unspecified atom stereocenters. The fourth-order valence-electron chi connectivity index (χ4n) is 7.07. The van der Waals surface area contributed by atoms with Crippen LogP contribution in [0.5, 0.6) is 0 Å². The van der Waals surface area contributed by atoms with E-state index in [1.165, 1.54) is 103 Å². The predicted octanol–water partition coefficient (Wildman–Crippen LogP) is 1.28. The van der Waals surface area contributed by atoms with Crippen LogP contribution < -0.4 is 45.7 Å². The van der Waals surface area contributed by atoms with E-state index >= 15 is 0 Å². The van der Waals surface area contributed by atoms with Crippen LogP contribution in [0.3, 0.4) is 0 Å². The Bertz CT molecular complexity index is 2430. The van der Waals surface area contributed by atoms with E-state index in [2.05, 4.69) is 170 Å². The fourth-order valence-corrected chi connectivity index (χ4v) is 7.89. The van der Waals surface area contributed by atoms with E-state index in [0.717, 1.165) is 12.8 Å². The van der Waals surface area contributed by atoms with Gasteiger partial charge in [0.1, 0.15) is 0 Å². The summed E-state index contributed by atoms with van der Waals surface area (Å²) in [6.45, 7) is 0. The molecule has 4 aliphatic rings. The van der Waals surface area contributed by atoms with Gasteiger partial charge in [-0.05, 0) is 23.6 Å². The summed E-state index contributed by atoms with van der Waals surface area (Å²) in [7, 11) is 0. The minimum atomic E-state index is 0. The van der Waals surface area contributed by atoms with Crippen LogP contribution in [0.2, 0.25) is 0 Å². The molecular formula is C47H32Cl2Zr-2. The Morgan fingerprint density at radius 3 is 1.20 bits per heavy atom. The Labute approximate surface area is 320 Å². The molecule has 6 aromatic rings. The van der Waals surface area contributed by atoms with Gasteiger partial charge in [-0.3, -0.25) is 0 Å². The zero-order valence-corrected chi connectivity index (χ0v) is 31.3. The van der Waals surface area contributed by atoms with Gasteiger partial charge in [0.25, 0.3) is 0 Å². The predicted molar refractivity (Wildman–Crippen MR) is 200 cm³/mol. The van der Waals surface area contributed by atoms with Crippen LogP contribution >= 0.6 is 0 Å². The molecule has 240 valence electrons. The summed E-state index contributed by atoms with van der Waals surface area (Å²) in [5.41, 5.74) is 8.09. The molecule has 0 bridgehead atoms. The quantitative estimate of drug-likeness (QED) is 0.234. The van der Waals surface area contributed by atoms with E-state index in [4.69, 9.17) is 0 Å². The SMILES string of the molecule is [C-]1=CC=c2c1c1c(c3ccccc23)=CC=CC1.[C-]1=CC=c2c1c1c(c3ccccc23)=CC=CC1.[Cl-].[Cl-].[Zr+2]=[C](c1ccccc1)c1ccccc1.